The van der Waals surface area contributed by atoms with E-state index in [-0.39, 0.29) is 0 Å². The second-order valence-electron chi connectivity index (χ2n) is 2.71. The molecule has 0 bridgehead atoms. The van der Waals surface area contributed by atoms with Gasteiger partial charge in [-0.25, -0.2) is 0 Å². The monoisotopic (exact) mass is 237 g/mol. The summed E-state index contributed by atoms with van der Waals surface area (Å²) in [6.07, 6.45) is 3.45. The van der Waals surface area contributed by atoms with Gasteiger partial charge in [0, 0.05) is 17.2 Å². The van der Waals surface area contributed by atoms with E-state index in [1.165, 1.54) is 5.56 Å². The lowest BCUT2D eigenvalue weighted by Gasteiger charge is -2.12. The predicted octanol–water partition coefficient (Wildman–Crippen LogP) is 2.75. The number of hydrogen-bond acceptors (Lipinski definition) is 2. The smallest absolute Gasteiger partial charge is 0.314 e. The third kappa shape index (κ3) is 2.04. The standard InChI is InChI=1S/C10H8BrNO/c11-10-4-2-1-3-9(10)7-12-5-6-13-8-12/h1-6H,7H2. The Morgan fingerprint density at radius 1 is 1.38 bits per heavy atom. The molecule has 0 unspecified atom stereocenters. The third-order valence-corrected chi connectivity index (χ3v) is 2.55. The molecule has 1 aliphatic rings. The van der Waals surface area contributed by atoms with Crippen LogP contribution >= 0.6 is 15.9 Å². The number of nitrogens with zero attached hydrogens (tertiary/aromatic N) is 1. The summed E-state index contributed by atoms with van der Waals surface area (Å²) in [4.78, 5) is 1.86. The van der Waals surface area contributed by atoms with E-state index in [1.807, 2.05) is 29.3 Å². The zero-order valence-electron chi connectivity index (χ0n) is 6.90. The Kier molecular flexibility index (Phi) is 2.54. The molecule has 2 radical (unpaired) electrons. The third-order valence-electron chi connectivity index (χ3n) is 1.78. The molecule has 1 heterocycles. The van der Waals surface area contributed by atoms with Gasteiger partial charge in [-0.1, -0.05) is 34.1 Å². The van der Waals surface area contributed by atoms with E-state index in [9.17, 15) is 0 Å². The first-order valence-corrected chi connectivity index (χ1v) is 4.73. The number of halogens is 1. The Morgan fingerprint density at radius 3 is 2.92 bits per heavy atom. The van der Waals surface area contributed by atoms with Crippen LogP contribution < -0.4 is 0 Å². The van der Waals surface area contributed by atoms with Crippen molar-refractivity contribution in [2.24, 2.45) is 0 Å². The molecule has 0 aliphatic carbocycles. The normalized spacial score (nSPS) is 14.7. The second-order valence-corrected chi connectivity index (χ2v) is 3.57. The van der Waals surface area contributed by atoms with E-state index in [4.69, 9.17) is 4.74 Å². The second kappa shape index (κ2) is 3.83. The highest BCUT2D eigenvalue weighted by atomic mass is 79.9. The highest BCUT2D eigenvalue weighted by molar-refractivity contribution is 9.10. The van der Waals surface area contributed by atoms with Crippen molar-refractivity contribution in [2.75, 3.05) is 0 Å². The Morgan fingerprint density at radius 2 is 2.23 bits per heavy atom. The minimum atomic E-state index is 0.776. The van der Waals surface area contributed by atoms with Gasteiger partial charge in [0.1, 0.15) is 6.26 Å². The van der Waals surface area contributed by atoms with Gasteiger partial charge in [-0.2, -0.15) is 0 Å². The van der Waals surface area contributed by atoms with Gasteiger partial charge in [0.15, 0.2) is 0 Å². The molecular formula is C10H8BrNO. The summed E-state index contributed by atoms with van der Waals surface area (Å²) in [6, 6.07) is 8.10. The maximum Gasteiger partial charge on any atom is 0.314 e. The van der Waals surface area contributed by atoms with Gasteiger partial charge in [0.2, 0.25) is 0 Å². The minimum Gasteiger partial charge on any atom is -0.462 e. The molecule has 0 N–H and O–H groups in total. The molecular weight excluding hydrogens is 230 g/mol. The fraction of sp³-hybridized carbons (Fsp3) is 0.100. The highest BCUT2D eigenvalue weighted by Crippen LogP contribution is 2.19. The largest absolute Gasteiger partial charge is 0.462 e. The Balaban J connectivity index is 2.09. The number of rotatable bonds is 2. The molecule has 0 fully saturated rings. The van der Waals surface area contributed by atoms with Crippen LogP contribution in [0.2, 0.25) is 0 Å². The van der Waals surface area contributed by atoms with E-state index in [2.05, 4.69) is 28.7 Å². The fourth-order valence-corrected chi connectivity index (χ4v) is 1.54. The maximum absolute atomic E-state index is 4.85. The van der Waals surface area contributed by atoms with E-state index < -0.39 is 0 Å². The van der Waals surface area contributed by atoms with Gasteiger partial charge in [0.25, 0.3) is 0 Å². The topological polar surface area (TPSA) is 12.5 Å². The van der Waals surface area contributed by atoms with Gasteiger partial charge in [-0.05, 0) is 11.6 Å². The lowest BCUT2D eigenvalue weighted by molar-refractivity contribution is 0.253. The van der Waals surface area contributed by atoms with Crippen LogP contribution in [0, 0.1) is 6.73 Å². The summed E-state index contributed by atoms with van der Waals surface area (Å²) < 4.78 is 5.96. The van der Waals surface area contributed by atoms with Gasteiger partial charge >= 0.3 is 6.73 Å². The molecule has 0 saturated carbocycles. The van der Waals surface area contributed by atoms with Crippen LogP contribution in [0.3, 0.4) is 0 Å². The van der Waals surface area contributed by atoms with Crippen molar-refractivity contribution >= 4 is 15.9 Å². The quantitative estimate of drug-likeness (QED) is 0.785. The molecule has 3 heteroatoms. The van der Waals surface area contributed by atoms with E-state index >= 15 is 0 Å². The first-order chi connectivity index (χ1) is 6.36. The maximum atomic E-state index is 4.85. The van der Waals surface area contributed by atoms with Crippen molar-refractivity contribution in [1.82, 2.24) is 4.90 Å². The first-order valence-electron chi connectivity index (χ1n) is 3.94. The lowest BCUT2D eigenvalue weighted by Crippen LogP contribution is -2.10. The molecule has 2 nitrogen and oxygen atoms in total. The van der Waals surface area contributed by atoms with Gasteiger partial charge in [0.05, 0.1) is 0 Å². The average molecular weight is 238 g/mol. The molecule has 1 aromatic rings. The number of hydrogen-bond donors (Lipinski definition) is 0. The molecule has 1 aliphatic heterocycles. The van der Waals surface area contributed by atoms with E-state index in [0.29, 0.717) is 0 Å². The molecule has 0 saturated heterocycles. The Hall–Kier alpha value is -0.960. The molecule has 66 valence electrons. The summed E-state index contributed by atoms with van der Waals surface area (Å²) in [5.74, 6) is 0. The van der Waals surface area contributed by atoms with Gasteiger partial charge < -0.3 is 9.64 Å². The molecule has 0 amide bonds. The Labute approximate surface area is 85.9 Å². The summed E-state index contributed by atoms with van der Waals surface area (Å²) in [5, 5.41) is 0. The van der Waals surface area contributed by atoms with Crippen LogP contribution in [0.5, 0.6) is 0 Å². The summed E-state index contributed by atoms with van der Waals surface area (Å²) in [6.45, 7) is 3.51. The first kappa shape index (κ1) is 8.63. The summed E-state index contributed by atoms with van der Waals surface area (Å²) in [5.41, 5.74) is 1.21. The molecule has 1 aromatic carbocycles. The zero-order valence-corrected chi connectivity index (χ0v) is 8.49. The number of ether oxygens (including phenoxy) is 1. The van der Waals surface area contributed by atoms with Crippen molar-refractivity contribution < 1.29 is 4.74 Å². The van der Waals surface area contributed by atoms with E-state index in [1.54, 1.807) is 6.26 Å². The van der Waals surface area contributed by atoms with Gasteiger partial charge in [-0.3, -0.25) is 0 Å². The highest BCUT2D eigenvalue weighted by Gasteiger charge is 2.09. The van der Waals surface area contributed by atoms with Crippen molar-refractivity contribution in [3.8, 4) is 0 Å². The lowest BCUT2D eigenvalue weighted by atomic mass is 10.2. The number of benzene rings is 1. The fourth-order valence-electron chi connectivity index (χ4n) is 1.13. The van der Waals surface area contributed by atoms with Crippen LogP contribution in [0.1, 0.15) is 5.56 Å². The van der Waals surface area contributed by atoms with Crippen LogP contribution in [0.15, 0.2) is 41.2 Å². The Bertz CT molecular complexity index is 324. The van der Waals surface area contributed by atoms with Crippen LogP contribution in [0.25, 0.3) is 0 Å². The predicted molar refractivity (Wildman–Crippen MR) is 53.2 cm³/mol. The molecule has 0 spiro atoms. The van der Waals surface area contributed by atoms with Crippen LogP contribution in [-0.4, -0.2) is 4.90 Å². The van der Waals surface area contributed by atoms with Crippen molar-refractivity contribution in [3.05, 3.63) is 53.5 Å². The molecule has 0 aromatic heterocycles. The zero-order chi connectivity index (χ0) is 9.10. The summed E-state index contributed by atoms with van der Waals surface area (Å²) in [7, 11) is 0. The van der Waals surface area contributed by atoms with Crippen LogP contribution in [0.4, 0.5) is 0 Å². The van der Waals surface area contributed by atoms with Gasteiger partial charge in [-0.15, -0.1) is 0 Å². The molecule has 0 atom stereocenters. The SMILES string of the molecule is Brc1ccccc1CN1[C]OC=C1. The van der Waals surface area contributed by atoms with E-state index in [0.717, 1.165) is 11.0 Å². The van der Waals surface area contributed by atoms with Crippen molar-refractivity contribution in [3.63, 3.8) is 0 Å². The van der Waals surface area contributed by atoms with Crippen molar-refractivity contribution in [1.29, 1.82) is 0 Å². The van der Waals surface area contributed by atoms with Crippen LogP contribution in [-0.2, 0) is 11.3 Å². The molecule has 13 heavy (non-hydrogen) atoms. The van der Waals surface area contributed by atoms with Crippen molar-refractivity contribution in [2.45, 2.75) is 6.54 Å². The molecule has 2 rings (SSSR count). The summed E-state index contributed by atoms with van der Waals surface area (Å²) >= 11 is 3.48. The minimum absolute atomic E-state index is 0.776. The average Bonchev–Trinajstić information content (AvgIpc) is 2.61.